The zero-order chi connectivity index (χ0) is 19.4. The topological polar surface area (TPSA) is 78.9 Å². The van der Waals surface area contributed by atoms with Gasteiger partial charge in [-0.1, -0.05) is 30.3 Å². The maximum Gasteiger partial charge on any atom is 0.323 e. The molecular formula is C21H24O6. The number of hydrogen-bond donors (Lipinski definition) is 0. The SMILES string of the molecule is CCOC(=O)C1(C(=O)OCC)CC[C@@H]2C(=O)OC(c3ccccc3)=C[C@@H]2C1. The van der Waals surface area contributed by atoms with Crippen LogP contribution in [0.5, 0.6) is 0 Å². The van der Waals surface area contributed by atoms with Crippen LogP contribution in [0.25, 0.3) is 5.76 Å². The second-order valence-electron chi connectivity index (χ2n) is 6.85. The van der Waals surface area contributed by atoms with E-state index in [1.807, 2.05) is 36.4 Å². The molecule has 0 spiro atoms. The number of hydrogen-bond acceptors (Lipinski definition) is 6. The predicted molar refractivity (Wildman–Crippen MR) is 97.0 cm³/mol. The largest absolute Gasteiger partial charge is 0.465 e. The summed E-state index contributed by atoms with van der Waals surface area (Å²) in [5.74, 6) is -1.66. The van der Waals surface area contributed by atoms with Crippen LogP contribution in [-0.2, 0) is 28.6 Å². The van der Waals surface area contributed by atoms with Gasteiger partial charge in [0.15, 0.2) is 5.41 Å². The fourth-order valence-corrected chi connectivity index (χ4v) is 3.89. The van der Waals surface area contributed by atoms with Crippen molar-refractivity contribution in [3.05, 3.63) is 42.0 Å². The van der Waals surface area contributed by atoms with Gasteiger partial charge in [-0.3, -0.25) is 14.4 Å². The number of allylic oxidation sites excluding steroid dienone is 1. The van der Waals surface area contributed by atoms with E-state index >= 15 is 0 Å². The Morgan fingerprint density at radius 2 is 1.74 bits per heavy atom. The smallest absolute Gasteiger partial charge is 0.323 e. The molecule has 0 N–H and O–H groups in total. The van der Waals surface area contributed by atoms with E-state index in [2.05, 4.69) is 0 Å². The van der Waals surface area contributed by atoms with Crippen LogP contribution < -0.4 is 0 Å². The van der Waals surface area contributed by atoms with Gasteiger partial charge in [-0.15, -0.1) is 0 Å². The Balaban J connectivity index is 1.95. The highest BCUT2D eigenvalue weighted by Crippen LogP contribution is 2.48. The number of rotatable bonds is 5. The third-order valence-corrected chi connectivity index (χ3v) is 5.25. The first-order valence-electron chi connectivity index (χ1n) is 9.35. The Bertz CT molecular complexity index is 733. The lowest BCUT2D eigenvalue weighted by atomic mass is 9.64. The van der Waals surface area contributed by atoms with Crippen molar-refractivity contribution in [3.63, 3.8) is 0 Å². The van der Waals surface area contributed by atoms with Crippen molar-refractivity contribution >= 4 is 23.7 Å². The van der Waals surface area contributed by atoms with Crippen molar-refractivity contribution in [1.29, 1.82) is 0 Å². The van der Waals surface area contributed by atoms with Gasteiger partial charge in [0.05, 0.1) is 19.1 Å². The summed E-state index contributed by atoms with van der Waals surface area (Å²) in [4.78, 5) is 37.9. The van der Waals surface area contributed by atoms with Crippen LogP contribution in [0, 0.1) is 17.3 Å². The van der Waals surface area contributed by atoms with Crippen LogP contribution >= 0.6 is 0 Å². The molecule has 1 aliphatic carbocycles. The van der Waals surface area contributed by atoms with Crippen molar-refractivity contribution in [2.75, 3.05) is 13.2 Å². The molecule has 0 aromatic heterocycles. The Hall–Kier alpha value is -2.63. The summed E-state index contributed by atoms with van der Waals surface area (Å²) >= 11 is 0. The van der Waals surface area contributed by atoms with Gasteiger partial charge in [0.2, 0.25) is 0 Å². The van der Waals surface area contributed by atoms with Gasteiger partial charge >= 0.3 is 17.9 Å². The average Bonchev–Trinajstić information content (AvgIpc) is 2.68. The molecular weight excluding hydrogens is 348 g/mol. The normalized spacial score (nSPS) is 23.5. The zero-order valence-corrected chi connectivity index (χ0v) is 15.6. The fourth-order valence-electron chi connectivity index (χ4n) is 3.89. The summed E-state index contributed by atoms with van der Waals surface area (Å²) in [5.41, 5.74) is -0.587. The molecule has 1 fully saturated rings. The monoisotopic (exact) mass is 372 g/mol. The molecule has 1 aliphatic heterocycles. The quantitative estimate of drug-likeness (QED) is 0.449. The Morgan fingerprint density at radius 3 is 2.33 bits per heavy atom. The van der Waals surface area contributed by atoms with Crippen LogP contribution in [-0.4, -0.2) is 31.1 Å². The van der Waals surface area contributed by atoms with E-state index in [1.54, 1.807) is 13.8 Å². The third-order valence-electron chi connectivity index (χ3n) is 5.25. The van der Waals surface area contributed by atoms with Gasteiger partial charge in [0.25, 0.3) is 0 Å². The molecule has 0 unspecified atom stereocenters. The lowest BCUT2D eigenvalue weighted by Crippen LogP contribution is -2.49. The van der Waals surface area contributed by atoms with Gasteiger partial charge in [-0.2, -0.15) is 0 Å². The maximum atomic E-state index is 12.7. The standard InChI is InChI=1S/C21H24O6/c1-3-25-19(23)21(20(24)26-4-2)11-10-16-15(13-21)12-17(27-18(16)22)14-8-6-5-7-9-14/h5-9,12,15-16H,3-4,10-11,13H2,1-2H3/t15-,16+/m1/s1. The maximum absolute atomic E-state index is 12.7. The van der Waals surface area contributed by atoms with Gasteiger partial charge in [0.1, 0.15) is 5.76 Å². The number of carbonyl (C=O) groups excluding carboxylic acids is 3. The van der Waals surface area contributed by atoms with Gasteiger partial charge in [-0.05, 0) is 45.1 Å². The van der Waals surface area contributed by atoms with Crippen molar-refractivity contribution in [2.45, 2.75) is 33.1 Å². The molecule has 2 atom stereocenters. The molecule has 6 heteroatoms. The van der Waals surface area contributed by atoms with Crippen LogP contribution in [0.4, 0.5) is 0 Å². The molecule has 1 saturated carbocycles. The molecule has 3 rings (SSSR count). The zero-order valence-electron chi connectivity index (χ0n) is 15.6. The second kappa shape index (κ2) is 7.94. The molecule has 0 bridgehead atoms. The summed E-state index contributed by atoms with van der Waals surface area (Å²) in [6.07, 6.45) is 2.63. The lowest BCUT2D eigenvalue weighted by molar-refractivity contribution is -0.178. The first-order valence-corrected chi connectivity index (χ1v) is 9.35. The summed E-state index contributed by atoms with van der Waals surface area (Å²) in [6, 6.07) is 9.31. The predicted octanol–water partition coefficient (Wildman–Crippen LogP) is 3.11. The second-order valence-corrected chi connectivity index (χ2v) is 6.85. The van der Waals surface area contributed by atoms with E-state index in [9.17, 15) is 14.4 Å². The van der Waals surface area contributed by atoms with E-state index in [0.29, 0.717) is 12.2 Å². The van der Waals surface area contributed by atoms with Crippen molar-refractivity contribution < 1.29 is 28.6 Å². The van der Waals surface area contributed by atoms with Gasteiger partial charge in [-0.25, -0.2) is 0 Å². The Morgan fingerprint density at radius 1 is 1.11 bits per heavy atom. The van der Waals surface area contributed by atoms with E-state index in [4.69, 9.17) is 14.2 Å². The number of benzene rings is 1. The van der Waals surface area contributed by atoms with Crippen LogP contribution in [0.1, 0.15) is 38.7 Å². The number of cyclic esters (lactones) is 1. The highest BCUT2D eigenvalue weighted by atomic mass is 16.6. The number of fused-ring (bicyclic) bond motifs is 1. The minimum atomic E-state index is -1.37. The van der Waals surface area contributed by atoms with Gasteiger partial charge in [0, 0.05) is 5.56 Å². The first kappa shape index (κ1) is 19.1. The summed E-state index contributed by atoms with van der Waals surface area (Å²) in [7, 11) is 0. The molecule has 1 aromatic rings. The third kappa shape index (κ3) is 3.61. The van der Waals surface area contributed by atoms with Crippen LogP contribution in [0.15, 0.2) is 36.4 Å². The minimum absolute atomic E-state index is 0.181. The molecule has 6 nitrogen and oxygen atoms in total. The molecule has 1 aromatic carbocycles. The minimum Gasteiger partial charge on any atom is -0.465 e. The first-order chi connectivity index (χ1) is 13.0. The van der Waals surface area contributed by atoms with Gasteiger partial charge < -0.3 is 14.2 Å². The highest BCUT2D eigenvalue weighted by molar-refractivity contribution is 6.00. The molecule has 2 aliphatic rings. The number of esters is 3. The highest BCUT2D eigenvalue weighted by Gasteiger charge is 2.55. The van der Waals surface area contributed by atoms with Crippen LogP contribution in [0.3, 0.4) is 0 Å². The van der Waals surface area contributed by atoms with Crippen molar-refractivity contribution in [2.24, 2.45) is 17.3 Å². The van der Waals surface area contributed by atoms with Crippen molar-refractivity contribution in [1.82, 2.24) is 0 Å². The molecule has 0 amide bonds. The number of ether oxygens (including phenoxy) is 3. The molecule has 1 heterocycles. The Labute approximate surface area is 158 Å². The van der Waals surface area contributed by atoms with E-state index in [1.165, 1.54) is 0 Å². The van der Waals surface area contributed by atoms with E-state index in [-0.39, 0.29) is 43.9 Å². The summed E-state index contributed by atoms with van der Waals surface area (Å²) in [5, 5.41) is 0. The average molecular weight is 372 g/mol. The van der Waals surface area contributed by atoms with E-state index < -0.39 is 17.4 Å². The molecule has 27 heavy (non-hydrogen) atoms. The molecule has 0 radical (unpaired) electrons. The van der Waals surface area contributed by atoms with E-state index in [0.717, 1.165) is 5.56 Å². The molecule has 144 valence electrons. The van der Waals surface area contributed by atoms with Crippen molar-refractivity contribution in [3.8, 4) is 0 Å². The summed E-state index contributed by atoms with van der Waals surface area (Å²) < 4.78 is 15.9. The lowest BCUT2D eigenvalue weighted by Gasteiger charge is -2.41. The Kier molecular flexibility index (Phi) is 5.63. The number of carbonyl (C=O) groups is 3. The van der Waals surface area contributed by atoms with Crippen LogP contribution in [0.2, 0.25) is 0 Å². The fraction of sp³-hybridized carbons (Fsp3) is 0.476. The summed E-state index contributed by atoms with van der Waals surface area (Å²) in [6.45, 7) is 3.77. The molecule has 0 saturated heterocycles.